The molecule has 3 fully saturated rings. The molecule has 4 rings (SSSR count). The molecule has 0 saturated carbocycles. The van der Waals surface area contributed by atoms with Crippen LogP contribution in [0.2, 0.25) is 0 Å². The van der Waals surface area contributed by atoms with Gasteiger partial charge in [-0.25, -0.2) is 0 Å². The van der Waals surface area contributed by atoms with Gasteiger partial charge in [0.1, 0.15) is 5.69 Å². The van der Waals surface area contributed by atoms with Crippen molar-refractivity contribution in [2.45, 2.75) is 57.5 Å². The third-order valence-corrected chi connectivity index (χ3v) is 6.81. The van der Waals surface area contributed by atoms with Gasteiger partial charge in [-0.1, -0.05) is 6.92 Å². The van der Waals surface area contributed by atoms with E-state index < -0.39 is 0 Å². The molecule has 3 amide bonds. The van der Waals surface area contributed by atoms with Gasteiger partial charge in [0, 0.05) is 51.8 Å². The van der Waals surface area contributed by atoms with Gasteiger partial charge in [-0.15, -0.1) is 0 Å². The van der Waals surface area contributed by atoms with Gasteiger partial charge >= 0.3 is 0 Å². The molecule has 4 atom stereocenters. The number of piperidine rings is 3. The minimum absolute atomic E-state index is 0.00375. The Balaban J connectivity index is 1.55. The number of hydrogen-bond donors (Lipinski definition) is 1. The summed E-state index contributed by atoms with van der Waals surface area (Å²) < 4.78 is 1.62. The first-order valence-electron chi connectivity index (χ1n) is 10.8. The van der Waals surface area contributed by atoms with Gasteiger partial charge in [0.15, 0.2) is 0 Å². The number of nitrogens with one attached hydrogen (secondary N) is 1. The zero-order valence-electron chi connectivity index (χ0n) is 17.3. The van der Waals surface area contributed by atoms with Crippen LogP contribution in [0, 0.1) is 11.8 Å². The van der Waals surface area contributed by atoms with E-state index in [-0.39, 0.29) is 35.7 Å². The second-order valence-corrected chi connectivity index (χ2v) is 8.69. The summed E-state index contributed by atoms with van der Waals surface area (Å²) in [6.07, 6.45) is 6.45. The van der Waals surface area contributed by atoms with Crippen LogP contribution < -0.4 is 5.32 Å². The van der Waals surface area contributed by atoms with Crippen LogP contribution in [0.1, 0.15) is 55.9 Å². The smallest absolute Gasteiger partial charge is 0.272 e. The van der Waals surface area contributed by atoms with Crippen molar-refractivity contribution in [1.29, 1.82) is 0 Å². The number of aromatic nitrogens is 2. The lowest BCUT2D eigenvalue weighted by atomic mass is 9.72. The Kier molecular flexibility index (Phi) is 5.61. The molecule has 2 bridgehead atoms. The van der Waals surface area contributed by atoms with E-state index in [1.807, 2.05) is 11.8 Å². The molecule has 0 unspecified atom stereocenters. The Bertz CT molecular complexity index is 791. The first kappa shape index (κ1) is 19.9. The van der Waals surface area contributed by atoms with E-state index in [0.29, 0.717) is 44.1 Å². The van der Waals surface area contributed by atoms with Crippen LogP contribution >= 0.6 is 0 Å². The highest BCUT2D eigenvalue weighted by atomic mass is 16.2. The first-order chi connectivity index (χ1) is 14.0. The van der Waals surface area contributed by atoms with E-state index in [0.717, 1.165) is 25.7 Å². The van der Waals surface area contributed by atoms with Crippen LogP contribution in [0.4, 0.5) is 0 Å². The molecule has 0 aromatic carbocycles. The number of aryl methyl sites for hydroxylation is 1. The number of nitrogens with zero attached hydrogens (tertiary/aromatic N) is 4. The molecular weight excluding hydrogens is 370 g/mol. The van der Waals surface area contributed by atoms with Crippen molar-refractivity contribution in [3.05, 3.63) is 18.0 Å². The highest BCUT2D eigenvalue weighted by Crippen LogP contribution is 2.41. The molecule has 8 heteroatoms. The molecule has 0 radical (unpaired) electrons. The number of amides is 3. The predicted molar refractivity (Wildman–Crippen MR) is 107 cm³/mol. The second-order valence-electron chi connectivity index (χ2n) is 8.69. The Labute approximate surface area is 171 Å². The van der Waals surface area contributed by atoms with E-state index in [1.54, 1.807) is 24.0 Å². The third kappa shape index (κ3) is 3.76. The SMILES string of the molecule is CCCC(=O)NC[C@H]1[C@H]2C[C@H](CN(C(=O)c3ccnn3C)C2)[C@@H]2CCCC(=O)N21. The second kappa shape index (κ2) is 8.16. The van der Waals surface area contributed by atoms with Crippen molar-refractivity contribution in [3.8, 4) is 0 Å². The molecule has 4 heterocycles. The maximum absolute atomic E-state index is 13.1. The summed E-state index contributed by atoms with van der Waals surface area (Å²) in [5.74, 6) is 0.735. The largest absolute Gasteiger partial charge is 0.354 e. The summed E-state index contributed by atoms with van der Waals surface area (Å²) in [5.41, 5.74) is 0.592. The number of hydrogen-bond acceptors (Lipinski definition) is 4. The van der Waals surface area contributed by atoms with Crippen LogP contribution in [0.15, 0.2) is 12.3 Å². The Hall–Kier alpha value is -2.38. The highest BCUT2D eigenvalue weighted by molar-refractivity contribution is 5.92. The van der Waals surface area contributed by atoms with Crippen LogP contribution in [-0.2, 0) is 16.6 Å². The Morgan fingerprint density at radius 2 is 2.07 bits per heavy atom. The van der Waals surface area contributed by atoms with Gasteiger partial charge in [0.05, 0.1) is 6.04 Å². The quantitative estimate of drug-likeness (QED) is 0.803. The van der Waals surface area contributed by atoms with Crippen LogP contribution in [0.3, 0.4) is 0 Å². The lowest BCUT2D eigenvalue weighted by molar-refractivity contribution is -0.152. The molecule has 3 aliphatic rings. The Morgan fingerprint density at radius 1 is 1.28 bits per heavy atom. The number of rotatable bonds is 5. The molecule has 158 valence electrons. The van der Waals surface area contributed by atoms with Gasteiger partial charge in [-0.2, -0.15) is 5.10 Å². The summed E-state index contributed by atoms with van der Waals surface area (Å²) in [5, 5.41) is 7.17. The zero-order chi connectivity index (χ0) is 20.5. The summed E-state index contributed by atoms with van der Waals surface area (Å²) in [6, 6.07) is 1.89. The summed E-state index contributed by atoms with van der Waals surface area (Å²) >= 11 is 0. The first-order valence-corrected chi connectivity index (χ1v) is 10.8. The van der Waals surface area contributed by atoms with Gasteiger partial charge in [-0.3, -0.25) is 19.1 Å². The number of fused-ring (bicyclic) bond motifs is 4. The standard InChI is InChI=1S/C21H31N5O3/c1-3-5-19(27)22-11-18-15-10-14(16-6-4-7-20(28)26(16)18)12-25(13-15)21(29)17-8-9-23-24(17)2/h8-9,14-16,18H,3-7,10-13H2,1-2H3,(H,22,27)/t14-,15+,16+,18+/m1/s1. The topological polar surface area (TPSA) is 87.5 Å². The Morgan fingerprint density at radius 3 is 2.79 bits per heavy atom. The summed E-state index contributed by atoms with van der Waals surface area (Å²) in [6.45, 7) is 3.76. The minimum atomic E-state index is -0.0352. The van der Waals surface area contributed by atoms with Crippen molar-refractivity contribution in [2.24, 2.45) is 18.9 Å². The van der Waals surface area contributed by atoms with E-state index in [9.17, 15) is 14.4 Å². The molecular formula is C21H31N5O3. The van der Waals surface area contributed by atoms with Crippen molar-refractivity contribution < 1.29 is 14.4 Å². The molecule has 3 aliphatic heterocycles. The van der Waals surface area contributed by atoms with Crippen molar-refractivity contribution >= 4 is 17.7 Å². The van der Waals surface area contributed by atoms with E-state index >= 15 is 0 Å². The molecule has 1 aromatic rings. The average Bonchev–Trinajstić information content (AvgIpc) is 3.13. The van der Waals surface area contributed by atoms with Crippen LogP contribution in [0.5, 0.6) is 0 Å². The maximum atomic E-state index is 13.1. The normalized spacial score (nSPS) is 28.8. The third-order valence-electron chi connectivity index (χ3n) is 6.81. The van der Waals surface area contributed by atoms with E-state index in [1.165, 1.54) is 0 Å². The van der Waals surface area contributed by atoms with Gasteiger partial charge in [0.25, 0.3) is 5.91 Å². The van der Waals surface area contributed by atoms with Gasteiger partial charge in [-0.05, 0) is 43.6 Å². The molecule has 8 nitrogen and oxygen atoms in total. The van der Waals surface area contributed by atoms with Crippen molar-refractivity contribution in [1.82, 2.24) is 24.9 Å². The van der Waals surface area contributed by atoms with Gasteiger partial charge in [0.2, 0.25) is 11.8 Å². The number of likely N-dealkylation sites (tertiary alicyclic amines) is 1. The number of carbonyl (C=O) groups is 3. The predicted octanol–water partition coefficient (Wildman–Crippen LogP) is 1.18. The number of carbonyl (C=O) groups excluding carboxylic acids is 3. The molecule has 0 aliphatic carbocycles. The lowest BCUT2D eigenvalue weighted by Crippen LogP contribution is -2.67. The minimum Gasteiger partial charge on any atom is -0.354 e. The van der Waals surface area contributed by atoms with Crippen molar-refractivity contribution in [2.75, 3.05) is 19.6 Å². The van der Waals surface area contributed by atoms with Crippen molar-refractivity contribution in [3.63, 3.8) is 0 Å². The fourth-order valence-electron chi connectivity index (χ4n) is 5.48. The highest BCUT2D eigenvalue weighted by Gasteiger charge is 2.50. The molecule has 29 heavy (non-hydrogen) atoms. The molecule has 3 saturated heterocycles. The molecule has 1 N–H and O–H groups in total. The maximum Gasteiger partial charge on any atom is 0.272 e. The molecule has 0 spiro atoms. The van der Waals surface area contributed by atoms with Gasteiger partial charge < -0.3 is 15.1 Å². The average molecular weight is 402 g/mol. The molecule has 1 aromatic heterocycles. The zero-order valence-corrected chi connectivity index (χ0v) is 17.3. The summed E-state index contributed by atoms with van der Waals surface area (Å²) in [4.78, 5) is 42.0. The van der Waals surface area contributed by atoms with Crippen LogP contribution in [0.25, 0.3) is 0 Å². The fraction of sp³-hybridized carbons (Fsp3) is 0.714. The monoisotopic (exact) mass is 401 g/mol. The van der Waals surface area contributed by atoms with E-state index in [2.05, 4.69) is 15.3 Å². The van der Waals surface area contributed by atoms with Crippen LogP contribution in [-0.4, -0.2) is 69.0 Å². The summed E-state index contributed by atoms with van der Waals surface area (Å²) in [7, 11) is 1.78. The fourth-order valence-corrected chi connectivity index (χ4v) is 5.48. The van der Waals surface area contributed by atoms with E-state index in [4.69, 9.17) is 0 Å². The lowest BCUT2D eigenvalue weighted by Gasteiger charge is -2.56.